The number of carbonyl (C=O) groups excluding carboxylic acids is 2. The second-order valence-electron chi connectivity index (χ2n) is 11.1. The van der Waals surface area contributed by atoms with E-state index in [1.165, 1.54) is 17.0 Å². The molecule has 3 aromatic rings. The lowest BCUT2D eigenvalue weighted by atomic mass is 9.95. The van der Waals surface area contributed by atoms with E-state index in [0.29, 0.717) is 22.7 Å². The molecule has 0 unspecified atom stereocenters. The molecule has 7 nitrogen and oxygen atoms in total. The van der Waals surface area contributed by atoms with Crippen molar-refractivity contribution in [2.75, 3.05) is 10.8 Å². The summed E-state index contributed by atoms with van der Waals surface area (Å²) < 4.78 is 29.2. The summed E-state index contributed by atoms with van der Waals surface area (Å²) in [4.78, 5) is 29.5. The summed E-state index contributed by atoms with van der Waals surface area (Å²) in [5, 5.41) is 3.64. The maximum absolute atomic E-state index is 14.3. The molecular formula is C33H40ClN3O4S. The lowest BCUT2D eigenvalue weighted by molar-refractivity contribution is -0.140. The average molecular weight is 610 g/mol. The van der Waals surface area contributed by atoms with Crippen molar-refractivity contribution in [1.82, 2.24) is 10.2 Å². The molecule has 42 heavy (non-hydrogen) atoms. The fraction of sp³-hybridized carbons (Fsp3) is 0.394. The van der Waals surface area contributed by atoms with Gasteiger partial charge in [-0.3, -0.25) is 13.9 Å². The number of anilines is 1. The highest BCUT2D eigenvalue weighted by atomic mass is 35.5. The van der Waals surface area contributed by atoms with E-state index >= 15 is 0 Å². The number of halogens is 1. The number of hydrogen-bond acceptors (Lipinski definition) is 4. The Morgan fingerprint density at radius 2 is 1.55 bits per heavy atom. The molecule has 0 radical (unpaired) electrons. The Balaban J connectivity index is 1.73. The lowest BCUT2D eigenvalue weighted by Crippen LogP contribution is -2.54. The zero-order valence-electron chi connectivity index (χ0n) is 24.6. The van der Waals surface area contributed by atoms with Gasteiger partial charge in [-0.15, -0.1) is 0 Å². The predicted octanol–water partition coefficient (Wildman–Crippen LogP) is 6.41. The molecule has 0 bridgehead atoms. The van der Waals surface area contributed by atoms with Gasteiger partial charge in [-0.25, -0.2) is 8.42 Å². The smallest absolute Gasteiger partial charge is 0.264 e. The molecular weight excluding hydrogens is 570 g/mol. The number of carbonyl (C=O) groups is 2. The number of nitrogens with one attached hydrogen (secondary N) is 1. The summed E-state index contributed by atoms with van der Waals surface area (Å²) in [5.74, 6) is -0.715. The zero-order chi connectivity index (χ0) is 30.3. The van der Waals surface area contributed by atoms with Crippen molar-refractivity contribution in [3.8, 4) is 0 Å². The van der Waals surface area contributed by atoms with E-state index in [1.54, 1.807) is 42.5 Å². The first-order chi connectivity index (χ1) is 20.1. The van der Waals surface area contributed by atoms with Crippen molar-refractivity contribution in [3.63, 3.8) is 0 Å². The largest absolute Gasteiger partial charge is 0.352 e. The molecule has 1 aliphatic rings. The van der Waals surface area contributed by atoms with Crippen LogP contribution < -0.4 is 9.62 Å². The molecule has 1 N–H and O–H groups in total. The topological polar surface area (TPSA) is 86.8 Å². The Hall–Kier alpha value is -3.36. The maximum Gasteiger partial charge on any atom is 0.264 e. The van der Waals surface area contributed by atoms with Gasteiger partial charge in [0.25, 0.3) is 10.0 Å². The molecule has 0 spiro atoms. The normalized spacial score (nSPS) is 14.7. The highest BCUT2D eigenvalue weighted by molar-refractivity contribution is 7.92. The highest BCUT2D eigenvalue weighted by Gasteiger charge is 2.34. The van der Waals surface area contributed by atoms with Gasteiger partial charge >= 0.3 is 0 Å². The Bertz CT molecular complexity index is 1470. The van der Waals surface area contributed by atoms with Crippen molar-refractivity contribution >= 4 is 39.1 Å². The fourth-order valence-electron chi connectivity index (χ4n) is 5.62. The van der Waals surface area contributed by atoms with Crippen LogP contribution in [-0.2, 0) is 26.2 Å². The maximum atomic E-state index is 14.3. The van der Waals surface area contributed by atoms with E-state index in [9.17, 15) is 18.0 Å². The van der Waals surface area contributed by atoms with Gasteiger partial charge in [0, 0.05) is 17.6 Å². The first-order valence-corrected chi connectivity index (χ1v) is 16.4. The molecule has 3 aromatic carbocycles. The molecule has 1 aliphatic carbocycles. The van der Waals surface area contributed by atoms with E-state index in [4.69, 9.17) is 11.6 Å². The summed E-state index contributed by atoms with van der Waals surface area (Å²) in [6, 6.07) is 20.0. The molecule has 4 rings (SSSR count). The van der Waals surface area contributed by atoms with Gasteiger partial charge in [-0.2, -0.15) is 0 Å². The highest BCUT2D eigenvalue weighted by Crippen LogP contribution is 2.28. The van der Waals surface area contributed by atoms with Crippen LogP contribution in [0, 0.1) is 13.8 Å². The lowest BCUT2D eigenvalue weighted by Gasteiger charge is -2.34. The minimum absolute atomic E-state index is 0.0706. The van der Waals surface area contributed by atoms with Gasteiger partial charge in [-0.1, -0.05) is 80.3 Å². The molecule has 2 amide bonds. The minimum Gasteiger partial charge on any atom is -0.352 e. The number of benzene rings is 3. The van der Waals surface area contributed by atoms with Crippen LogP contribution in [0.25, 0.3) is 0 Å². The zero-order valence-corrected chi connectivity index (χ0v) is 26.1. The molecule has 9 heteroatoms. The van der Waals surface area contributed by atoms with Crippen molar-refractivity contribution in [1.29, 1.82) is 0 Å². The number of sulfonamides is 1. The van der Waals surface area contributed by atoms with E-state index in [-0.39, 0.29) is 23.4 Å². The summed E-state index contributed by atoms with van der Waals surface area (Å²) >= 11 is 6.50. The van der Waals surface area contributed by atoms with Crippen LogP contribution in [-0.4, -0.2) is 43.8 Å². The van der Waals surface area contributed by atoms with Gasteiger partial charge in [-0.05, 0) is 80.1 Å². The quantitative estimate of drug-likeness (QED) is 0.272. The molecule has 1 saturated carbocycles. The van der Waals surface area contributed by atoms with Crippen LogP contribution in [0.1, 0.15) is 62.1 Å². The Morgan fingerprint density at radius 1 is 0.929 bits per heavy atom. The van der Waals surface area contributed by atoms with E-state index in [0.717, 1.165) is 47.5 Å². The summed E-state index contributed by atoms with van der Waals surface area (Å²) in [5.41, 5.74) is 2.82. The van der Waals surface area contributed by atoms with Gasteiger partial charge in [0.1, 0.15) is 12.6 Å². The summed E-state index contributed by atoms with van der Waals surface area (Å²) in [6.45, 7) is 5.23. The number of nitrogens with zero attached hydrogens (tertiary/aromatic N) is 2. The van der Waals surface area contributed by atoms with Gasteiger partial charge in [0.05, 0.1) is 10.6 Å². The van der Waals surface area contributed by atoms with Crippen molar-refractivity contribution in [3.05, 3.63) is 94.5 Å². The first kappa shape index (κ1) is 31.6. The molecule has 0 aliphatic heterocycles. The van der Waals surface area contributed by atoms with Gasteiger partial charge in [0.15, 0.2) is 0 Å². The molecule has 0 heterocycles. The first-order valence-electron chi connectivity index (χ1n) is 14.6. The second-order valence-corrected chi connectivity index (χ2v) is 13.3. The molecule has 1 fully saturated rings. The van der Waals surface area contributed by atoms with Gasteiger partial charge < -0.3 is 10.2 Å². The van der Waals surface area contributed by atoms with Crippen LogP contribution in [0.5, 0.6) is 0 Å². The van der Waals surface area contributed by atoms with E-state index < -0.39 is 28.5 Å². The Kier molecular flexibility index (Phi) is 10.7. The number of rotatable bonds is 11. The predicted molar refractivity (Wildman–Crippen MR) is 168 cm³/mol. The minimum atomic E-state index is -4.11. The summed E-state index contributed by atoms with van der Waals surface area (Å²) in [7, 11) is -4.11. The van der Waals surface area contributed by atoms with Crippen molar-refractivity contribution in [2.45, 2.75) is 82.8 Å². The third-order valence-electron chi connectivity index (χ3n) is 7.74. The SMILES string of the molecule is CC[C@H](C(=O)NC1CCCCC1)N(Cc1ccccc1Cl)C(=O)CN(c1cc(C)cc(C)c1)S(=O)(=O)c1ccccc1. The Morgan fingerprint density at radius 3 is 2.17 bits per heavy atom. The third-order valence-corrected chi connectivity index (χ3v) is 9.90. The van der Waals surface area contributed by atoms with E-state index in [2.05, 4.69) is 5.32 Å². The Labute approximate surface area is 254 Å². The van der Waals surface area contributed by atoms with Gasteiger partial charge in [0.2, 0.25) is 11.8 Å². The molecule has 1 atom stereocenters. The van der Waals surface area contributed by atoms with Crippen LogP contribution in [0.4, 0.5) is 5.69 Å². The monoisotopic (exact) mass is 609 g/mol. The second kappa shape index (κ2) is 14.2. The van der Waals surface area contributed by atoms with Crippen molar-refractivity contribution < 1.29 is 18.0 Å². The molecule has 0 saturated heterocycles. The van der Waals surface area contributed by atoms with Crippen LogP contribution in [0.15, 0.2) is 77.7 Å². The number of hydrogen-bond donors (Lipinski definition) is 1. The van der Waals surface area contributed by atoms with Crippen LogP contribution >= 0.6 is 11.6 Å². The van der Waals surface area contributed by atoms with E-state index in [1.807, 2.05) is 39.0 Å². The molecule has 224 valence electrons. The number of aryl methyl sites for hydroxylation is 2. The van der Waals surface area contributed by atoms with Crippen LogP contribution in [0.3, 0.4) is 0 Å². The third kappa shape index (κ3) is 7.72. The summed E-state index contributed by atoms with van der Waals surface area (Å²) in [6.07, 6.45) is 5.47. The van der Waals surface area contributed by atoms with Crippen LogP contribution in [0.2, 0.25) is 5.02 Å². The fourth-order valence-corrected chi connectivity index (χ4v) is 7.23. The standard InChI is InChI=1S/C33H40ClN3O4S/c1-4-31(33(39)35-27-14-7-5-8-15-27)36(22-26-13-11-12-18-30(26)34)32(38)23-37(28-20-24(2)19-25(3)21-28)42(40,41)29-16-9-6-10-17-29/h6,9-13,16-21,27,31H,4-5,7-8,14-15,22-23H2,1-3H3,(H,35,39)/t31-/m1/s1. The average Bonchev–Trinajstić information content (AvgIpc) is 2.97. The molecule has 0 aromatic heterocycles. The number of amides is 2. The van der Waals surface area contributed by atoms with Crippen molar-refractivity contribution in [2.24, 2.45) is 0 Å².